The van der Waals surface area contributed by atoms with Crippen molar-refractivity contribution in [3.63, 3.8) is 0 Å². The highest BCUT2D eigenvalue weighted by Gasteiger charge is 2.15. The smallest absolute Gasteiger partial charge is 0.279 e. The summed E-state index contributed by atoms with van der Waals surface area (Å²) >= 11 is 7.59. The SMILES string of the molecule is CCS(=O)(=O)c1cccc(C(=O)N=c2sc3c(Cl)ccc(C)c3n2C)c1. The summed E-state index contributed by atoms with van der Waals surface area (Å²) in [6.07, 6.45) is 0. The molecule has 0 radical (unpaired) electrons. The van der Waals surface area contributed by atoms with Crippen LogP contribution in [0.15, 0.2) is 46.3 Å². The zero-order valence-corrected chi connectivity index (χ0v) is 16.9. The van der Waals surface area contributed by atoms with E-state index in [0.717, 1.165) is 15.8 Å². The molecule has 0 saturated carbocycles. The first-order valence-corrected chi connectivity index (χ1v) is 10.8. The molecule has 0 spiro atoms. The number of thiazole rings is 1. The van der Waals surface area contributed by atoms with Gasteiger partial charge in [-0.2, -0.15) is 4.99 Å². The fourth-order valence-electron chi connectivity index (χ4n) is 2.65. The van der Waals surface area contributed by atoms with Gasteiger partial charge in [-0.3, -0.25) is 4.79 Å². The van der Waals surface area contributed by atoms with Gasteiger partial charge in [-0.25, -0.2) is 8.42 Å². The number of carbonyl (C=O) groups is 1. The third kappa shape index (κ3) is 3.34. The van der Waals surface area contributed by atoms with Crippen LogP contribution in [0.4, 0.5) is 0 Å². The molecule has 0 aliphatic heterocycles. The average Bonchev–Trinajstić information content (AvgIpc) is 2.96. The lowest BCUT2D eigenvalue weighted by Gasteiger charge is -2.03. The van der Waals surface area contributed by atoms with Gasteiger partial charge in [-0.15, -0.1) is 0 Å². The molecule has 26 heavy (non-hydrogen) atoms. The second kappa shape index (κ2) is 6.98. The van der Waals surface area contributed by atoms with Crippen molar-refractivity contribution in [2.24, 2.45) is 12.0 Å². The largest absolute Gasteiger partial charge is 0.319 e. The first kappa shape index (κ1) is 18.8. The van der Waals surface area contributed by atoms with Crippen LogP contribution in [-0.4, -0.2) is 24.6 Å². The predicted octanol–water partition coefficient (Wildman–Crippen LogP) is 3.74. The Bertz CT molecular complexity index is 1190. The number of rotatable bonds is 3. The molecule has 5 nitrogen and oxygen atoms in total. The van der Waals surface area contributed by atoms with E-state index in [1.54, 1.807) is 19.1 Å². The second-order valence-corrected chi connectivity index (χ2v) is 9.50. The molecule has 1 heterocycles. The van der Waals surface area contributed by atoms with Gasteiger partial charge in [0.1, 0.15) is 0 Å². The third-order valence-electron chi connectivity index (χ3n) is 4.12. The lowest BCUT2D eigenvalue weighted by molar-refractivity contribution is 0.0997. The van der Waals surface area contributed by atoms with Gasteiger partial charge >= 0.3 is 0 Å². The summed E-state index contributed by atoms with van der Waals surface area (Å²) < 4.78 is 26.7. The van der Waals surface area contributed by atoms with Crippen molar-refractivity contribution in [2.75, 3.05) is 5.75 Å². The molecule has 0 aliphatic rings. The summed E-state index contributed by atoms with van der Waals surface area (Å²) in [5, 5.41) is 0.608. The Morgan fingerprint density at radius 2 is 2.00 bits per heavy atom. The molecular weight excluding hydrogens is 392 g/mol. The number of fused-ring (bicyclic) bond motifs is 1. The lowest BCUT2D eigenvalue weighted by atomic mass is 10.2. The summed E-state index contributed by atoms with van der Waals surface area (Å²) in [6.45, 7) is 3.54. The maximum Gasteiger partial charge on any atom is 0.279 e. The molecule has 3 rings (SSSR count). The lowest BCUT2D eigenvalue weighted by Crippen LogP contribution is -2.14. The van der Waals surface area contributed by atoms with Crippen LogP contribution < -0.4 is 4.80 Å². The van der Waals surface area contributed by atoms with Crippen LogP contribution in [0.2, 0.25) is 5.02 Å². The summed E-state index contributed by atoms with van der Waals surface area (Å²) in [7, 11) is -1.56. The molecular formula is C18H17ClN2O3S2. The number of benzene rings is 2. The Balaban J connectivity index is 2.12. The number of hydrogen-bond donors (Lipinski definition) is 0. The predicted molar refractivity (Wildman–Crippen MR) is 105 cm³/mol. The van der Waals surface area contributed by atoms with Crippen LogP contribution in [-0.2, 0) is 16.9 Å². The number of carbonyl (C=O) groups excluding carboxylic acids is 1. The van der Waals surface area contributed by atoms with Gasteiger partial charge in [-0.1, -0.05) is 42.0 Å². The van der Waals surface area contributed by atoms with Gasteiger partial charge in [0.2, 0.25) is 0 Å². The average molecular weight is 409 g/mol. The standard InChI is InChI=1S/C18H17ClN2O3S2/c1-4-26(23,24)13-7-5-6-12(10-13)17(22)20-18-21(3)15-11(2)8-9-14(19)16(15)25-18/h5-10H,4H2,1-3H3. The van der Waals surface area contributed by atoms with Crippen LogP contribution in [0.5, 0.6) is 0 Å². The molecule has 0 unspecified atom stereocenters. The van der Waals surface area contributed by atoms with Gasteiger partial charge in [-0.05, 0) is 36.8 Å². The van der Waals surface area contributed by atoms with Crippen molar-refractivity contribution < 1.29 is 13.2 Å². The Morgan fingerprint density at radius 1 is 1.27 bits per heavy atom. The normalized spacial score (nSPS) is 12.7. The Kier molecular flexibility index (Phi) is 5.05. The van der Waals surface area contributed by atoms with E-state index < -0.39 is 15.7 Å². The molecule has 0 atom stereocenters. The van der Waals surface area contributed by atoms with Crippen molar-refractivity contribution >= 4 is 48.9 Å². The maximum atomic E-state index is 12.6. The Hall–Kier alpha value is -1.96. The highest BCUT2D eigenvalue weighted by Crippen LogP contribution is 2.28. The monoisotopic (exact) mass is 408 g/mol. The van der Waals surface area contributed by atoms with E-state index in [9.17, 15) is 13.2 Å². The fourth-order valence-corrected chi connectivity index (χ4v) is 4.95. The van der Waals surface area contributed by atoms with E-state index in [1.165, 1.54) is 23.5 Å². The second-order valence-electron chi connectivity index (χ2n) is 5.83. The van der Waals surface area contributed by atoms with E-state index >= 15 is 0 Å². The minimum absolute atomic E-state index is 0.0230. The van der Waals surface area contributed by atoms with Crippen molar-refractivity contribution in [1.29, 1.82) is 0 Å². The molecule has 136 valence electrons. The van der Waals surface area contributed by atoms with Gasteiger partial charge in [0.25, 0.3) is 5.91 Å². The molecule has 0 saturated heterocycles. The highest BCUT2D eigenvalue weighted by molar-refractivity contribution is 7.91. The molecule has 2 aromatic carbocycles. The maximum absolute atomic E-state index is 12.6. The first-order chi connectivity index (χ1) is 12.2. The van der Waals surface area contributed by atoms with Crippen molar-refractivity contribution in [3.8, 4) is 0 Å². The topological polar surface area (TPSA) is 68.5 Å². The van der Waals surface area contributed by atoms with Gasteiger partial charge in [0.15, 0.2) is 14.6 Å². The number of aromatic nitrogens is 1. The molecule has 0 N–H and O–H groups in total. The molecule has 3 aromatic rings. The molecule has 8 heteroatoms. The number of hydrogen-bond acceptors (Lipinski definition) is 4. The Labute approximate surface area is 160 Å². The van der Waals surface area contributed by atoms with Crippen LogP contribution in [0.25, 0.3) is 10.2 Å². The summed E-state index contributed by atoms with van der Waals surface area (Å²) in [5.41, 5.74) is 2.20. The van der Waals surface area contributed by atoms with Gasteiger partial charge in [0.05, 0.1) is 25.9 Å². The van der Waals surface area contributed by atoms with Crippen molar-refractivity contribution in [2.45, 2.75) is 18.7 Å². The van der Waals surface area contributed by atoms with Gasteiger partial charge < -0.3 is 4.57 Å². The third-order valence-corrected chi connectivity index (χ3v) is 7.44. The number of nitrogens with zero attached hydrogens (tertiary/aromatic N) is 2. The van der Waals surface area contributed by atoms with Crippen LogP contribution in [0.1, 0.15) is 22.8 Å². The number of sulfone groups is 1. The zero-order chi connectivity index (χ0) is 19.1. The van der Waals surface area contributed by atoms with Crippen molar-refractivity contribution in [1.82, 2.24) is 4.57 Å². The van der Waals surface area contributed by atoms with E-state index in [2.05, 4.69) is 4.99 Å². The zero-order valence-electron chi connectivity index (χ0n) is 14.5. The number of aryl methyl sites for hydroxylation is 2. The minimum Gasteiger partial charge on any atom is -0.319 e. The molecule has 0 aliphatic carbocycles. The van der Waals surface area contributed by atoms with E-state index in [4.69, 9.17) is 11.6 Å². The molecule has 0 fully saturated rings. The van der Waals surface area contributed by atoms with Crippen LogP contribution in [0.3, 0.4) is 0 Å². The molecule has 1 aromatic heterocycles. The quantitative estimate of drug-likeness (QED) is 0.663. The first-order valence-electron chi connectivity index (χ1n) is 7.91. The van der Waals surface area contributed by atoms with Crippen LogP contribution >= 0.6 is 22.9 Å². The summed E-state index contributed by atoms with van der Waals surface area (Å²) in [6, 6.07) is 9.71. The molecule has 1 amide bonds. The van der Waals surface area contributed by atoms with E-state index in [0.29, 0.717) is 9.82 Å². The summed E-state index contributed by atoms with van der Waals surface area (Å²) in [4.78, 5) is 17.4. The number of halogens is 1. The number of amides is 1. The fraction of sp³-hybridized carbons (Fsp3) is 0.222. The van der Waals surface area contributed by atoms with Crippen molar-refractivity contribution in [3.05, 3.63) is 57.3 Å². The van der Waals surface area contributed by atoms with E-state index in [-0.39, 0.29) is 16.2 Å². The Morgan fingerprint density at radius 3 is 2.65 bits per heavy atom. The van der Waals surface area contributed by atoms with Crippen LogP contribution in [0, 0.1) is 6.92 Å². The highest BCUT2D eigenvalue weighted by atomic mass is 35.5. The van der Waals surface area contributed by atoms with E-state index in [1.807, 2.05) is 30.7 Å². The minimum atomic E-state index is -3.38. The molecule has 0 bridgehead atoms. The summed E-state index contributed by atoms with van der Waals surface area (Å²) in [5.74, 6) is -0.515. The van der Waals surface area contributed by atoms with Gasteiger partial charge in [0, 0.05) is 12.6 Å².